The summed E-state index contributed by atoms with van der Waals surface area (Å²) in [5.74, 6) is -1.00. The highest BCUT2D eigenvalue weighted by molar-refractivity contribution is 6.35. The van der Waals surface area contributed by atoms with Crippen molar-refractivity contribution in [3.8, 4) is 0 Å². The molecule has 0 saturated carbocycles. The third-order valence-electron chi connectivity index (χ3n) is 3.69. The summed E-state index contributed by atoms with van der Waals surface area (Å²) >= 11 is 11.8. The van der Waals surface area contributed by atoms with Crippen LogP contribution in [0.4, 0.5) is 15.8 Å². The van der Waals surface area contributed by atoms with Crippen LogP contribution in [0.1, 0.15) is 6.92 Å². The Morgan fingerprint density at radius 3 is 2.19 bits per heavy atom. The van der Waals surface area contributed by atoms with Crippen molar-refractivity contribution in [2.75, 3.05) is 24.2 Å². The number of halogens is 3. The lowest BCUT2D eigenvalue weighted by molar-refractivity contribution is -0.122. The molecule has 0 spiro atoms. The van der Waals surface area contributed by atoms with Crippen LogP contribution >= 0.6 is 23.2 Å². The van der Waals surface area contributed by atoms with Gasteiger partial charge in [0.15, 0.2) is 0 Å². The van der Waals surface area contributed by atoms with Crippen LogP contribution < -0.4 is 10.6 Å². The molecule has 1 atom stereocenters. The lowest BCUT2D eigenvalue weighted by Gasteiger charge is -2.23. The Labute approximate surface area is 161 Å². The highest BCUT2D eigenvalue weighted by atomic mass is 35.5. The molecule has 2 aromatic carbocycles. The molecule has 0 saturated heterocycles. The van der Waals surface area contributed by atoms with Crippen molar-refractivity contribution in [2.24, 2.45) is 0 Å². The second-order valence-corrected chi connectivity index (χ2v) is 6.67. The standard InChI is InChI=1S/C18H18Cl2FN3O2/c1-11(18(26)23-16-8-12(19)7-13(20)9-16)24(2)10-17(25)22-15-5-3-14(21)4-6-15/h3-9,11H,10H2,1-2H3,(H,22,25)(H,23,26)/t11-/m0/s1. The number of benzene rings is 2. The van der Waals surface area contributed by atoms with Crippen LogP contribution in [0.2, 0.25) is 10.0 Å². The van der Waals surface area contributed by atoms with E-state index in [0.717, 1.165) is 0 Å². The lowest BCUT2D eigenvalue weighted by Crippen LogP contribution is -2.43. The minimum absolute atomic E-state index is 0.0116. The van der Waals surface area contributed by atoms with Crippen LogP contribution in [-0.2, 0) is 9.59 Å². The normalized spacial score (nSPS) is 11.9. The van der Waals surface area contributed by atoms with Gasteiger partial charge in [-0.1, -0.05) is 23.2 Å². The molecule has 0 radical (unpaired) electrons. The Morgan fingerprint density at radius 2 is 1.62 bits per heavy atom. The van der Waals surface area contributed by atoms with Crippen molar-refractivity contribution in [3.05, 3.63) is 58.3 Å². The zero-order chi connectivity index (χ0) is 19.3. The predicted octanol–water partition coefficient (Wildman–Crippen LogP) is 4.03. The van der Waals surface area contributed by atoms with E-state index in [9.17, 15) is 14.0 Å². The van der Waals surface area contributed by atoms with Gasteiger partial charge in [-0.15, -0.1) is 0 Å². The van der Waals surface area contributed by atoms with Crippen LogP contribution in [-0.4, -0.2) is 36.3 Å². The highest BCUT2D eigenvalue weighted by Crippen LogP contribution is 2.22. The van der Waals surface area contributed by atoms with E-state index in [2.05, 4.69) is 10.6 Å². The van der Waals surface area contributed by atoms with Crippen molar-refractivity contribution in [2.45, 2.75) is 13.0 Å². The van der Waals surface area contributed by atoms with E-state index in [4.69, 9.17) is 23.2 Å². The Balaban J connectivity index is 1.90. The van der Waals surface area contributed by atoms with Gasteiger partial charge in [0.1, 0.15) is 5.82 Å². The van der Waals surface area contributed by atoms with Crippen molar-refractivity contribution in [1.82, 2.24) is 4.90 Å². The molecule has 26 heavy (non-hydrogen) atoms. The molecule has 138 valence electrons. The third-order valence-corrected chi connectivity index (χ3v) is 4.13. The number of anilines is 2. The summed E-state index contributed by atoms with van der Waals surface area (Å²) in [5.41, 5.74) is 0.957. The first-order chi connectivity index (χ1) is 12.2. The summed E-state index contributed by atoms with van der Waals surface area (Å²) in [4.78, 5) is 26.0. The van der Waals surface area contributed by atoms with Gasteiger partial charge in [-0.2, -0.15) is 0 Å². The van der Waals surface area contributed by atoms with Gasteiger partial charge in [0, 0.05) is 21.4 Å². The molecule has 5 nitrogen and oxygen atoms in total. The predicted molar refractivity (Wildman–Crippen MR) is 102 cm³/mol. The molecule has 0 bridgehead atoms. The largest absolute Gasteiger partial charge is 0.325 e. The molecule has 0 aromatic heterocycles. The van der Waals surface area contributed by atoms with Crippen LogP contribution in [0.5, 0.6) is 0 Å². The molecule has 2 amide bonds. The fourth-order valence-corrected chi connectivity index (χ4v) is 2.70. The number of carbonyl (C=O) groups is 2. The molecule has 0 aliphatic rings. The summed E-state index contributed by atoms with van der Waals surface area (Å²) in [6.45, 7) is 1.66. The summed E-state index contributed by atoms with van der Waals surface area (Å²) in [6, 6.07) is 9.59. The zero-order valence-electron chi connectivity index (χ0n) is 14.2. The molecule has 0 aliphatic heterocycles. The van der Waals surface area contributed by atoms with E-state index < -0.39 is 6.04 Å². The maximum atomic E-state index is 12.9. The number of carbonyl (C=O) groups excluding carboxylic acids is 2. The van der Waals surface area contributed by atoms with E-state index in [1.165, 1.54) is 24.3 Å². The summed E-state index contributed by atoms with van der Waals surface area (Å²) in [7, 11) is 1.65. The molecular weight excluding hydrogens is 380 g/mol. The van der Waals surface area contributed by atoms with Crippen LogP contribution in [0.3, 0.4) is 0 Å². The summed E-state index contributed by atoms with van der Waals surface area (Å²) in [5, 5.41) is 6.17. The Bertz CT molecular complexity index is 779. The minimum Gasteiger partial charge on any atom is -0.325 e. The number of rotatable bonds is 6. The van der Waals surface area contributed by atoms with E-state index in [-0.39, 0.29) is 24.2 Å². The van der Waals surface area contributed by atoms with Crippen LogP contribution in [0.25, 0.3) is 0 Å². The summed E-state index contributed by atoms with van der Waals surface area (Å²) < 4.78 is 12.9. The fraction of sp³-hybridized carbons (Fsp3) is 0.222. The zero-order valence-corrected chi connectivity index (χ0v) is 15.7. The van der Waals surface area contributed by atoms with Crippen molar-refractivity contribution < 1.29 is 14.0 Å². The van der Waals surface area contributed by atoms with Crippen LogP contribution in [0, 0.1) is 5.82 Å². The van der Waals surface area contributed by atoms with E-state index in [1.54, 1.807) is 37.1 Å². The van der Waals surface area contributed by atoms with Gasteiger partial charge in [-0.25, -0.2) is 4.39 Å². The minimum atomic E-state index is -0.577. The van der Waals surface area contributed by atoms with Gasteiger partial charge in [-0.05, 0) is 56.4 Å². The maximum absolute atomic E-state index is 12.9. The molecule has 0 aliphatic carbocycles. The molecule has 0 fully saturated rings. The first-order valence-corrected chi connectivity index (χ1v) is 8.53. The average molecular weight is 398 g/mol. The molecule has 2 rings (SSSR count). The van der Waals surface area contributed by atoms with Gasteiger partial charge >= 0.3 is 0 Å². The SMILES string of the molecule is C[C@@H](C(=O)Nc1cc(Cl)cc(Cl)c1)N(C)CC(=O)Nc1ccc(F)cc1. The van der Waals surface area contributed by atoms with E-state index >= 15 is 0 Å². The Kier molecular flexibility index (Phi) is 6.97. The molecule has 2 N–H and O–H groups in total. The first kappa shape index (κ1) is 20.2. The molecule has 8 heteroatoms. The number of amides is 2. The van der Waals surface area contributed by atoms with Gasteiger partial charge in [-0.3, -0.25) is 14.5 Å². The first-order valence-electron chi connectivity index (χ1n) is 7.77. The third kappa shape index (κ3) is 5.98. The number of nitrogens with one attached hydrogen (secondary N) is 2. The average Bonchev–Trinajstić information content (AvgIpc) is 2.55. The van der Waals surface area contributed by atoms with E-state index in [1.807, 2.05) is 0 Å². The molecular formula is C18H18Cl2FN3O2. The fourth-order valence-electron chi connectivity index (χ4n) is 2.17. The Morgan fingerprint density at radius 1 is 1.04 bits per heavy atom. The summed E-state index contributed by atoms with van der Waals surface area (Å²) in [6.07, 6.45) is 0. The van der Waals surface area contributed by atoms with Crippen molar-refractivity contribution in [1.29, 1.82) is 0 Å². The highest BCUT2D eigenvalue weighted by Gasteiger charge is 2.20. The van der Waals surface area contributed by atoms with Gasteiger partial charge in [0.25, 0.3) is 0 Å². The quantitative estimate of drug-likeness (QED) is 0.773. The van der Waals surface area contributed by atoms with Crippen molar-refractivity contribution in [3.63, 3.8) is 0 Å². The van der Waals surface area contributed by atoms with Gasteiger partial charge in [0.05, 0.1) is 12.6 Å². The smallest absolute Gasteiger partial charge is 0.241 e. The number of nitrogens with zero attached hydrogens (tertiary/aromatic N) is 1. The maximum Gasteiger partial charge on any atom is 0.241 e. The molecule has 0 heterocycles. The Hall–Kier alpha value is -2.15. The van der Waals surface area contributed by atoms with Gasteiger partial charge in [0.2, 0.25) is 11.8 Å². The molecule has 2 aromatic rings. The second kappa shape index (κ2) is 8.98. The van der Waals surface area contributed by atoms with Gasteiger partial charge < -0.3 is 10.6 Å². The van der Waals surface area contributed by atoms with E-state index in [0.29, 0.717) is 21.4 Å². The number of hydrogen-bond acceptors (Lipinski definition) is 3. The number of hydrogen-bond donors (Lipinski definition) is 2. The number of likely N-dealkylation sites (N-methyl/N-ethyl adjacent to an activating group) is 1. The van der Waals surface area contributed by atoms with Crippen molar-refractivity contribution >= 4 is 46.4 Å². The molecule has 0 unspecified atom stereocenters. The van der Waals surface area contributed by atoms with Crippen LogP contribution in [0.15, 0.2) is 42.5 Å². The monoisotopic (exact) mass is 397 g/mol. The second-order valence-electron chi connectivity index (χ2n) is 5.79. The lowest BCUT2D eigenvalue weighted by atomic mass is 10.2. The topological polar surface area (TPSA) is 61.4 Å².